The Morgan fingerprint density at radius 3 is 2.65 bits per heavy atom. The summed E-state index contributed by atoms with van der Waals surface area (Å²) in [7, 11) is 0. The molecule has 20 heavy (non-hydrogen) atoms. The van der Waals surface area contributed by atoms with Crippen LogP contribution in [0.3, 0.4) is 0 Å². The first-order chi connectivity index (χ1) is 9.71. The number of hydrazine groups is 1. The maximum atomic E-state index is 5.75. The van der Waals surface area contributed by atoms with Gasteiger partial charge in [-0.15, -0.1) is 0 Å². The third kappa shape index (κ3) is 3.08. The lowest BCUT2D eigenvalue weighted by Gasteiger charge is -2.16. The number of nitrogens with one attached hydrogen (secondary N) is 1. The summed E-state index contributed by atoms with van der Waals surface area (Å²) in [5.74, 6) is 5.75. The molecule has 3 N–H and O–H groups in total. The van der Waals surface area contributed by atoms with Crippen LogP contribution >= 0.6 is 0 Å². The molecule has 0 radical (unpaired) electrons. The standard InChI is InChI=1S/C14H24N6/c1-4-12-8-14(20(6-3)18-12)13(17-15)7-11-9-16-19(5-2)10-11/h8-10,13,17H,4-7,15H2,1-3H3. The van der Waals surface area contributed by atoms with E-state index in [1.54, 1.807) is 0 Å². The topological polar surface area (TPSA) is 73.7 Å². The Kier molecular flexibility index (Phi) is 4.92. The van der Waals surface area contributed by atoms with E-state index in [1.807, 2.05) is 15.6 Å². The Bertz CT molecular complexity index is 542. The first-order valence-corrected chi connectivity index (χ1v) is 7.25. The molecule has 0 bridgehead atoms. The van der Waals surface area contributed by atoms with Gasteiger partial charge in [0, 0.05) is 19.3 Å². The molecular formula is C14H24N6. The van der Waals surface area contributed by atoms with Crippen LogP contribution in [-0.2, 0) is 25.9 Å². The summed E-state index contributed by atoms with van der Waals surface area (Å²) >= 11 is 0. The zero-order valence-electron chi connectivity index (χ0n) is 12.5. The highest BCUT2D eigenvalue weighted by Crippen LogP contribution is 2.19. The first-order valence-electron chi connectivity index (χ1n) is 7.25. The number of aryl methyl sites for hydroxylation is 3. The predicted molar refractivity (Wildman–Crippen MR) is 78.9 cm³/mol. The van der Waals surface area contributed by atoms with Crippen LogP contribution in [0.5, 0.6) is 0 Å². The minimum absolute atomic E-state index is 0.0530. The Balaban J connectivity index is 2.20. The van der Waals surface area contributed by atoms with Crippen molar-refractivity contribution in [1.29, 1.82) is 0 Å². The molecule has 6 nitrogen and oxygen atoms in total. The van der Waals surface area contributed by atoms with Gasteiger partial charge in [0.1, 0.15) is 0 Å². The van der Waals surface area contributed by atoms with Crippen molar-refractivity contribution in [3.05, 3.63) is 35.4 Å². The molecule has 0 amide bonds. The number of nitrogens with zero attached hydrogens (tertiary/aromatic N) is 4. The van der Waals surface area contributed by atoms with Crippen LogP contribution in [0.25, 0.3) is 0 Å². The molecule has 1 atom stereocenters. The summed E-state index contributed by atoms with van der Waals surface area (Å²) in [6, 6.07) is 2.19. The largest absolute Gasteiger partial charge is 0.273 e. The van der Waals surface area contributed by atoms with Crippen molar-refractivity contribution >= 4 is 0 Å². The Hall–Kier alpha value is -1.66. The number of hydrogen-bond acceptors (Lipinski definition) is 4. The second kappa shape index (κ2) is 6.67. The van der Waals surface area contributed by atoms with Crippen molar-refractivity contribution in [1.82, 2.24) is 25.0 Å². The third-order valence-corrected chi connectivity index (χ3v) is 3.53. The summed E-state index contributed by atoms with van der Waals surface area (Å²) in [5.41, 5.74) is 6.32. The van der Waals surface area contributed by atoms with Gasteiger partial charge >= 0.3 is 0 Å². The van der Waals surface area contributed by atoms with E-state index in [1.165, 1.54) is 5.56 Å². The number of nitrogens with two attached hydrogens (primary N) is 1. The minimum Gasteiger partial charge on any atom is -0.273 e. The fourth-order valence-electron chi connectivity index (χ4n) is 2.36. The van der Waals surface area contributed by atoms with E-state index >= 15 is 0 Å². The van der Waals surface area contributed by atoms with Crippen molar-refractivity contribution in [3.63, 3.8) is 0 Å². The van der Waals surface area contributed by atoms with E-state index < -0.39 is 0 Å². The van der Waals surface area contributed by atoms with E-state index in [0.717, 1.165) is 37.3 Å². The van der Waals surface area contributed by atoms with Crippen molar-refractivity contribution < 1.29 is 0 Å². The molecule has 0 aromatic carbocycles. The highest BCUT2D eigenvalue weighted by Gasteiger charge is 2.17. The fraction of sp³-hybridized carbons (Fsp3) is 0.571. The average Bonchev–Trinajstić information content (AvgIpc) is 3.10. The summed E-state index contributed by atoms with van der Waals surface area (Å²) < 4.78 is 3.95. The van der Waals surface area contributed by atoms with Gasteiger partial charge in [0.05, 0.1) is 23.6 Å². The monoisotopic (exact) mass is 276 g/mol. The molecule has 0 fully saturated rings. The van der Waals surface area contributed by atoms with Gasteiger partial charge in [0.2, 0.25) is 0 Å². The Labute approximate surface area is 119 Å². The SMILES string of the molecule is CCc1cc(C(Cc2cnn(CC)c2)NN)n(CC)n1. The van der Waals surface area contributed by atoms with E-state index in [4.69, 9.17) is 5.84 Å². The summed E-state index contributed by atoms with van der Waals surface area (Å²) in [5, 5.41) is 8.88. The molecule has 2 rings (SSSR count). The Morgan fingerprint density at radius 2 is 2.10 bits per heavy atom. The highest BCUT2D eigenvalue weighted by atomic mass is 15.3. The lowest BCUT2D eigenvalue weighted by atomic mass is 10.1. The summed E-state index contributed by atoms with van der Waals surface area (Å²) in [4.78, 5) is 0. The summed E-state index contributed by atoms with van der Waals surface area (Å²) in [6.07, 6.45) is 5.72. The molecule has 6 heteroatoms. The van der Waals surface area contributed by atoms with Crippen LogP contribution in [0, 0.1) is 0 Å². The van der Waals surface area contributed by atoms with Gasteiger partial charge in [-0.3, -0.25) is 20.6 Å². The number of aromatic nitrogens is 4. The molecule has 0 saturated carbocycles. The van der Waals surface area contributed by atoms with Gasteiger partial charge in [0.25, 0.3) is 0 Å². The average molecular weight is 276 g/mol. The smallest absolute Gasteiger partial charge is 0.0670 e. The third-order valence-electron chi connectivity index (χ3n) is 3.53. The molecule has 0 spiro atoms. The maximum absolute atomic E-state index is 5.75. The second-order valence-electron chi connectivity index (χ2n) is 4.86. The van der Waals surface area contributed by atoms with E-state index in [-0.39, 0.29) is 6.04 Å². The molecule has 0 saturated heterocycles. The number of hydrogen-bond donors (Lipinski definition) is 2. The fourth-order valence-corrected chi connectivity index (χ4v) is 2.36. The van der Waals surface area contributed by atoms with Gasteiger partial charge in [-0.25, -0.2) is 0 Å². The van der Waals surface area contributed by atoms with Crippen LogP contribution in [-0.4, -0.2) is 19.6 Å². The molecule has 2 aromatic heterocycles. The normalized spacial score (nSPS) is 12.8. The molecule has 0 aliphatic rings. The molecule has 2 heterocycles. The lowest BCUT2D eigenvalue weighted by molar-refractivity contribution is 0.489. The predicted octanol–water partition coefficient (Wildman–Crippen LogP) is 1.43. The quantitative estimate of drug-likeness (QED) is 0.592. The molecule has 2 aromatic rings. The van der Waals surface area contributed by atoms with Crippen molar-refractivity contribution in [2.75, 3.05) is 0 Å². The van der Waals surface area contributed by atoms with Gasteiger partial charge in [-0.2, -0.15) is 10.2 Å². The van der Waals surface area contributed by atoms with E-state index in [9.17, 15) is 0 Å². The van der Waals surface area contributed by atoms with Crippen LogP contribution in [0.1, 0.15) is 43.8 Å². The number of rotatable bonds is 7. The minimum atomic E-state index is 0.0530. The Morgan fingerprint density at radius 1 is 1.30 bits per heavy atom. The lowest BCUT2D eigenvalue weighted by Crippen LogP contribution is -2.31. The van der Waals surface area contributed by atoms with Crippen LogP contribution < -0.4 is 11.3 Å². The molecule has 0 aliphatic heterocycles. The van der Waals surface area contributed by atoms with Gasteiger partial charge < -0.3 is 0 Å². The second-order valence-corrected chi connectivity index (χ2v) is 4.86. The van der Waals surface area contributed by atoms with Crippen LogP contribution in [0.4, 0.5) is 0 Å². The molecule has 0 aliphatic carbocycles. The molecule has 1 unspecified atom stereocenters. The van der Waals surface area contributed by atoms with Gasteiger partial charge in [-0.05, 0) is 38.3 Å². The van der Waals surface area contributed by atoms with Crippen LogP contribution in [0.15, 0.2) is 18.5 Å². The van der Waals surface area contributed by atoms with Crippen molar-refractivity contribution in [2.45, 2.75) is 52.7 Å². The van der Waals surface area contributed by atoms with E-state index in [2.05, 4.69) is 48.7 Å². The molecule has 110 valence electrons. The summed E-state index contributed by atoms with van der Waals surface area (Å²) in [6.45, 7) is 8.02. The van der Waals surface area contributed by atoms with Crippen LogP contribution in [0.2, 0.25) is 0 Å². The van der Waals surface area contributed by atoms with E-state index in [0.29, 0.717) is 0 Å². The zero-order chi connectivity index (χ0) is 14.5. The zero-order valence-corrected chi connectivity index (χ0v) is 12.5. The van der Waals surface area contributed by atoms with Gasteiger partial charge in [0.15, 0.2) is 0 Å². The van der Waals surface area contributed by atoms with Crippen molar-refractivity contribution in [3.8, 4) is 0 Å². The van der Waals surface area contributed by atoms with Crippen molar-refractivity contribution in [2.24, 2.45) is 5.84 Å². The highest BCUT2D eigenvalue weighted by molar-refractivity contribution is 5.18. The maximum Gasteiger partial charge on any atom is 0.0670 e. The van der Waals surface area contributed by atoms with Gasteiger partial charge in [-0.1, -0.05) is 6.92 Å². The molecular weight excluding hydrogens is 252 g/mol. The first kappa shape index (κ1) is 14.7.